The zero-order valence-electron chi connectivity index (χ0n) is 13.8. The number of carbonyl (C=O) groups excluding carboxylic acids is 3. The average Bonchev–Trinajstić information content (AvgIpc) is 2.54. The normalized spacial score (nSPS) is 11.0. The molecule has 0 aliphatic rings. The number of halogens is 1. The molecule has 0 aliphatic heterocycles. The van der Waals surface area contributed by atoms with Crippen LogP contribution < -0.4 is 10.6 Å². The van der Waals surface area contributed by atoms with Crippen LogP contribution in [0.3, 0.4) is 0 Å². The Balaban J connectivity index is 3.15. The molecule has 0 atom stereocenters. The van der Waals surface area contributed by atoms with Gasteiger partial charge in [-0.1, -0.05) is 11.6 Å². The van der Waals surface area contributed by atoms with Crippen molar-refractivity contribution in [1.82, 2.24) is 5.32 Å². The van der Waals surface area contributed by atoms with Crippen LogP contribution in [0.1, 0.15) is 24.2 Å². The summed E-state index contributed by atoms with van der Waals surface area (Å²) in [6.07, 6.45) is 0.934. The highest BCUT2D eigenvalue weighted by Crippen LogP contribution is 2.25. The smallest absolute Gasteiger partial charge is 0.354 e. The van der Waals surface area contributed by atoms with E-state index in [4.69, 9.17) is 11.6 Å². The maximum absolute atomic E-state index is 12.1. The number of hydrogen-bond acceptors (Lipinski definition) is 6. The van der Waals surface area contributed by atoms with Crippen molar-refractivity contribution >= 4 is 35.1 Å². The number of esters is 2. The summed E-state index contributed by atoms with van der Waals surface area (Å²) in [6, 6.07) is 4.49. The Morgan fingerprint density at radius 1 is 1.17 bits per heavy atom. The van der Waals surface area contributed by atoms with Crippen molar-refractivity contribution in [2.45, 2.75) is 19.9 Å². The maximum atomic E-state index is 12.1. The lowest BCUT2D eigenvalue weighted by molar-refractivity contribution is -0.138. The average molecular weight is 355 g/mol. The second-order valence-corrected chi connectivity index (χ2v) is 5.43. The largest absolute Gasteiger partial charge is 0.466 e. The summed E-state index contributed by atoms with van der Waals surface area (Å²) in [7, 11) is 2.35. The van der Waals surface area contributed by atoms with Gasteiger partial charge in [0.05, 0.1) is 31.0 Å². The lowest BCUT2D eigenvalue weighted by Crippen LogP contribution is -2.30. The summed E-state index contributed by atoms with van der Waals surface area (Å²) in [5.74, 6) is -1.82. The Labute approximate surface area is 145 Å². The lowest BCUT2D eigenvalue weighted by atomic mass is 10.1. The first-order chi connectivity index (χ1) is 11.3. The van der Waals surface area contributed by atoms with Crippen LogP contribution in [0, 0.1) is 0 Å². The Hall–Kier alpha value is -2.54. The minimum absolute atomic E-state index is 0.0329. The molecular formula is C16H19ClN2O5. The molecule has 1 aromatic rings. The van der Waals surface area contributed by atoms with Gasteiger partial charge in [-0.3, -0.25) is 4.79 Å². The van der Waals surface area contributed by atoms with E-state index in [2.05, 4.69) is 20.1 Å². The Morgan fingerprint density at radius 2 is 1.83 bits per heavy atom. The van der Waals surface area contributed by atoms with E-state index in [1.54, 1.807) is 6.07 Å². The molecule has 0 saturated heterocycles. The number of methoxy groups -OCH3 is 2. The molecular weight excluding hydrogens is 336 g/mol. The van der Waals surface area contributed by atoms with Gasteiger partial charge in [0.25, 0.3) is 5.91 Å². The number of hydrogen-bond donors (Lipinski definition) is 2. The van der Waals surface area contributed by atoms with E-state index in [1.165, 1.54) is 26.4 Å². The van der Waals surface area contributed by atoms with Gasteiger partial charge in [-0.05, 0) is 32.0 Å². The first-order valence-corrected chi connectivity index (χ1v) is 7.41. The molecule has 24 heavy (non-hydrogen) atoms. The molecule has 0 heterocycles. The third-order valence-electron chi connectivity index (χ3n) is 2.79. The van der Waals surface area contributed by atoms with Gasteiger partial charge in [-0.2, -0.15) is 0 Å². The molecule has 7 nitrogen and oxygen atoms in total. The van der Waals surface area contributed by atoms with E-state index >= 15 is 0 Å². The Bertz CT molecular complexity index is 670. The molecule has 0 unspecified atom stereocenters. The second-order valence-electron chi connectivity index (χ2n) is 5.02. The molecule has 0 aromatic heterocycles. The second kappa shape index (κ2) is 8.93. The van der Waals surface area contributed by atoms with E-state index in [9.17, 15) is 14.4 Å². The number of nitrogens with one attached hydrogen (secondary N) is 2. The van der Waals surface area contributed by atoms with Gasteiger partial charge in [-0.25, -0.2) is 9.59 Å². The number of rotatable bonds is 6. The van der Waals surface area contributed by atoms with Crippen LogP contribution in [-0.2, 0) is 19.1 Å². The van der Waals surface area contributed by atoms with Gasteiger partial charge >= 0.3 is 11.9 Å². The van der Waals surface area contributed by atoms with Gasteiger partial charge in [0.1, 0.15) is 5.70 Å². The zero-order valence-corrected chi connectivity index (χ0v) is 14.6. The van der Waals surface area contributed by atoms with Gasteiger partial charge in [-0.15, -0.1) is 0 Å². The molecule has 0 saturated carbocycles. The summed E-state index contributed by atoms with van der Waals surface area (Å²) in [4.78, 5) is 35.2. The van der Waals surface area contributed by atoms with E-state index in [0.29, 0.717) is 5.56 Å². The summed E-state index contributed by atoms with van der Waals surface area (Å²) < 4.78 is 9.09. The van der Waals surface area contributed by atoms with Gasteiger partial charge in [0, 0.05) is 11.6 Å². The minimum atomic E-state index is -0.784. The molecule has 0 fully saturated rings. The van der Waals surface area contributed by atoms with Gasteiger partial charge in [0.2, 0.25) is 0 Å². The fraction of sp³-hybridized carbons (Fsp3) is 0.312. The molecule has 8 heteroatoms. The van der Waals surface area contributed by atoms with Crippen molar-refractivity contribution in [2.75, 3.05) is 19.5 Å². The van der Waals surface area contributed by atoms with Crippen molar-refractivity contribution in [2.24, 2.45) is 0 Å². The third kappa shape index (κ3) is 5.58. The van der Waals surface area contributed by atoms with E-state index < -0.39 is 11.9 Å². The molecule has 0 radical (unpaired) electrons. The standard InChI is InChI=1S/C16H19ClN2O5/c1-9(2)18-15(21)10-5-6-11(17)12(7-10)19-13(16(22)24-4)8-14(20)23-3/h5-9,19H,1-4H3,(H,18,21)/b13-8+. The van der Waals surface area contributed by atoms with Crippen molar-refractivity contribution in [3.05, 3.63) is 40.6 Å². The van der Waals surface area contributed by atoms with E-state index in [-0.39, 0.29) is 28.4 Å². The van der Waals surface area contributed by atoms with Crippen molar-refractivity contribution in [3.63, 3.8) is 0 Å². The summed E-state index contributed by atoms with van der Waals surface area (Å²) in [6.45, 7) is 3.67. The van der Waals surface area contributed by atoms with Crippen molar-refractivity contribution < 1.29 is 23.9 Å². The highest BCUT2D eigenvalue weighted by atomic mass is 35.5. The first-order valence-electron chi connectivity index (χ1n) is 7.03. The Kier molecular flexibility index (Phi) is 7.26. The fourth-order valence-electron chi connectivity index (χ4n) is 1.69. The molecule has 1 amide bonds. The zero-order chi connectivity index (χ0) is 18.3. The van der Waals surface area contributed by atoms with Crippen LogP contribution >= 0.6 is 11.6 Å². The first kappa shape index (κ1) is 19.5. The maximum Gasteiger partial charge on any atom is 0.354 e. The number of ether oxygens (including phenoxy) is 2. The highest BCUT2D eigenvalue weighted by molar-refractivity contribution is 6.33. The fourth-order valence-corrected chi connectivity index (χ4v) is 1.85. The SMILES string of the molecule is COC(=O)/C=C(/Nc1cc(C(=O)NC(C)C)ccc1Cl)C(=O)OC. The van der Waals surface area contributed by atoms with Crippen LogP contribution in [0.5, 0.6) is 0 Å². The topological polar surface area (TPSA) is 93.7 Å². The molecule has 2 N–H and O–H groups in total. The third-order valence-corrected chi connectivity index (χ3v) is 3.12. The molecule has 0 spiro atoms. The highest BCUT2D eigenvalue weighted by Gasteiger charge is 2.16. The van der Waals surface area contributed by atoms with Gasteiger partial charge < -0.3 is 20.1 Å². The van der Waals surface area contributed by atoms with Crippen LogP contribution in [0.4, 0.5) is 5.69 Å². The van der Waals surface area contributed by atoms with Crippen LogP contribution in [-0.4, -0.2) is 38.1 Å². The molecule has 1 aromatic carbocycles. The molecule has 130 valence electrons. The predicted molar refractivity (Wildman–Crippen MR) is 89.8 cm³/mol. The quantitative estimate of drug-likeness (QED) is 0.600. The lowest BCUT2D eigenvalue weighted by Gasteiger charge is -2.13. The monoisotopic (exact) mass is 354 g/mol. The number of anilines is 1. The predicted octanol–water partition coefficient (Wildman–Crippen LogP) is 2.12. The number of amides is 1. The van der Waals surface area contributed by atoms with Crippen LogP contribution in [0.25, 0.3) is 0 Å². The summed E-state index contributed by atoms with van der Waals surface area (Å²) in [5.41, 5.74) is 0.444. The summed E-state index contributed by atoms with van der Waals surface area (Å²) >= 11 is 6.08. The van der Waals surface area contributed by atoms with Crippen LogP contribution in [0.2, 0.25) is 5.02 Å². The van der Waals surface area contributed by atoms with Crippen molar-refractivity contribution in [1.29, 1.82) is 0 Å². The molecule has 0 bridgehead atoms. The van der Waals surface area contributed by atoms with Gasteiger partial charge in [0.15, 0.2) is 0 Å². The van der Waals surface area contributed by atoms with Crippen LogP contribution in [0.15, 0.2) is 30.0 Å². The van der Waals surface area contributed by atoms with E-state index in [1.807, 2.05) is 13.8 Å². The van der Waals surface area contributed by atoms with Crippen molar-refractivity contribution in [3.8, 4) is 0 Å². The number of carbonyl (C=O) groups is 3. The Morgan fingerprint density at radius 3 is 2.38 bits per heavy atom. The summed E-state index contributed by atoms with van der Waals surface area (Å²) in [5, 5.41) is 5.69. The minimum Gasteiger partial charge on any atom is -0.466 e. The molecule has 0 aliphatic carbocycles. The van der Waals surface area contributed by atoms with E-state index in [0.717, 1.165) is 6.08 Å². The number of benzene rings is 1. The molecule has 1 rings (SSSR count).